The van der Waals surface area contributed by atoms with Crippen LogP contribution in [0.5, 0.6) is 5.75 Å². The van der Waals surface area contributed by atoms with Crippen LogP contribution in [-0.2, 0) is 24.8 Å². The van der Waals surface area contributed by atoms with E-state index in [1.807, 2.05) is 30.3 Å². The van der Waals surface area contributed by atoms with Gasteiger partial charge in [-0.05, 0) is 65.1 Å². The molecular formula is C25H23IN2O6S2. The standard InChI is InChI=1S/C25H23IN2O6S2/c26-19-11-12-24-23(15-19)25(17-28(24)35(29,30)22-9-5-2-6-10-22)36(31,32)27-13-14-33-21(16-27)18-34-20-7-3-1-4-8-20/h1-12,15,17,21H,13-14,16,18H2. The molecule has 188 valence electrons. The lowest BCUT2D eigenvalue weighted by Gasteiger charge is -2.31. The summed E-state index contributed by atoms with van der Waals surface area (Å²) in [6.07, 6.45) is 0.749. The fourth-order valence-corrected chi connectivity index (χ4v) is 7.69. The highest BCUT2D eigenvalue weighted by atomic mass is 127. The van der Waals surface area contributed by atoms with Gasteiger partial charge < -0.3 is 9.47 Å². The zero-order valence-corrected chi connectivity index (χ0v) is 22.8. The third kappa shape index (κ3) is 4.90. The van der Waals surface area contributed by atoms with E-state index in [0.717, 1.165) is 7.54 Å². The summed E-state index contributed by atoms with van der Waals surface area (Å²) >= 11 is 2.09. The zero-order chi connectivity index (χ0) is 25.3. The molecular weight excluding hydrogens is 615 g/mol. The van der Waals surface area contributed by atoms with Crippen LogP contribution in [0, 0.1) is 3.57 Å². The Kier molecular flexibility index (Phi) is 7.10. The zero-order valence-electron chi connectivity index (χ0n) is 19.0. The maximum absolute atomic E-state index is 13.8. The number of aromatic nitrogens is 1. The van der Waals surface area contributed by atoms with E-state index >= 15 is 0 Å². The lowest BCUT2D eigenvalue weighted by Crippen LogP contribution is -2.47. The molecule has 1 aliphatic rings. The van der Waals surface area contributed by atoms with Crippen molar-refractivity contribution in [2.75, 3.05) is 26.3 Å². The van der Waals surface area contributed by atoms with Gasteiger partial charge in [-0.2, -0.15) is 4.31 Å². The molecule has 1 atom stereocenters. The highest BCUT2D eigenvalue weighted by Gasteiger charge is 2.35. The minimum atomic E-state index is -4.03. The second kappa shape index (κ2) is 10.1. The molecule has 1 unspecified atom stereocenters. The van der Waals surface area contributed by atoms with Gasteiger partial charge >= 0.3 is 0 Å². The summed E-state index contributed by atoms with van der Waals surface area (Å²) in [6, 6.07) is 22.3. The number of halogens is 1. The van der Waals surface area contributed by atoms with E-state index in [9.17, 15) is 16.8 Å². The number of fused-ring (bicyclic) bond motifs is 1. The third-order valence-electron chi connectivity index (χ3n) is 5.89. The first-order valence-electron chi connectivity index (χ1n) is 11.2. The molecule has 0 aliphatic carbocycles. The van der Waals surface area contributed by atoms with Gasteiger partial charge in [-0.25, -0.2) is 20.8 Å². The quantitative estimate of drug-likeness (QED) is 0.285. The van der Waals surface area contributed by atoms with Crippen LogP contribution >= 0.6 is 22.6 Å². The monoisotopic (exact) mass is 638 g/mol. The largest absolute Gasteiger partial charge is 0.491 e. The topological polar surface area (TPSA) is 94.9 Å². The minimum absolute atomic E-state index is 0.0554. The molecule has 0 radical (unpaired) electrons. The molecule has 1 fully saturated rings. The van der Waals surface area contributed by atoms with Crippen molar-refractivity contribution in [2.24, 2.45) is 0 Å². The molecule has 2 heterocycles. The first-order valence-corrected chi connectivity index (χ1v) is 15.1. The van der Waals surface area contributed by atoms with Crippen LogP contribution in [0.2, 0.25) is 0 Å². The van der Waals surface area contributed by atoms with Crippen molar-refractivity contribution in [2.45, 2.75) is 15.9 Å². The van der Waals surface area contributed by atoms with Gasteiger partial charge in [0.25, 0.3) is 10.0 Å². The molecule has 0 N–H and O–H groups in total. The Morgan fingerprint density at radius 2 is 1.61 bits per heavy atom. The van der Waals surface area contributed by atoms with Crippen molar-refractivity contribution in [3.8, 4) is 5.75 Å². The third-order valence-corrected chi connectivity index (χ3v) is 10.1. The van der Waals surface area contributed by atoms with E-state index in [2.05, 4.69) is 22.6 Å². The molecule has 5 rings (SSSR count). The average molecular weight is 639 g/mol. The van der Waals surface area contributed by atoms with Crippen molar-refractivity contribution in [1.29, 1.82) is 0 Å². The van der Waals surface area contributed by atoms with Crippen molar-refractivity contribution < 1.29 is 26.3 Å². The molecule has 11 heteroatoms. The number of benzene rings is 3. The highest BCUT2D eigenvalue weighted by molar-refractivity contribution is 14.1. The summed E-state index contributed by atoms with van der Waals surface area (Å²) in [7, 11) is -8.05. The molecule has 1 saturated heterocycles. The van der Waals surface area contributed by atoms with E-state index in [1.54, 1.807) is 36.4 Å². The maximum atomic E-state index is 13.8. The Morgan fingerprint density at radius 3 is 2.33 bits per heavy atom. The van der Waals surface area contributed by atoms with Crippen LogP contribution in [0.4, 0.5) is 0 Å². The molecule has 3 aromatic carbocycles. The SMILES string of the molecule is O=S(=O)(c1cn(S(=O)(=O)c2ccccc2)c2ccc(I)cc12)N1CCOC(COc2ccccc2)C1. The Balaban J connectivity index is 1.49. The minimum Gasteiger partial charge on any atom is -0.491 e. The molecule has 36 heavy (non-hydrogen) atoms. The number of ether oxygens (including phenoxy) is 2. The smallest absolute Gasteiger partial charge is 0.268 e. The number of rotatable bonds is 7. The molecule has 1 aliphatic heterocycles. The number of hydrogen-bond acceptors (Lipinski definition) is 6. The summed E-state index contributed by atoms with van der Waals surface area (Å²) < 4.78 is 69.2. The predicted octanol–water partition coefficient (Wildman–Crippen LogP) is 3.95. The fraction of sp³-hybridized carbons (Fsp3) is 0.200. The summed E-state index contributed by atoms with van der Waals surface area (Å²) in [4.78, 5) is 0.0223. The van der Waals surface area contributed by atoms with E-state index in [-0.39, 0.29) is 36.1 Å². The molecule has 0 spiro atoms. The normalized spacial score (nSPS) is 17.3. The molecule has 4 aromatic rings. The van der Waals surface area contributed by atoms with Crippen LogP contribution in [0.1, 0.15) is 0 Å². The number of para-hydroxylation sites is 1. The molecule has 0 amide bonds. The molecule has 1 aromatic heterocycles. The van der Waals surface area contributed by atoms with E-state index < -0.39 is 26.2 Å². The van der Waals surface area contributed by atoms with Crippen molar-refractivity contribution in [3.05, 3.63) is 88.6 Å². The Bertz CT molecular complexity index is 1590. The van der Waals surface area contributed by atoms with Crippen LogP contribution in [0.25, 0.3) is 10.9 Å². The van der Waals surface area contributed by atoms with Crippen LogP contribution in [0.15, 0.2) is 94.9 Å². The van der Waals surface area contributed by atoms with Gasteiger partial charge in [-0.3, -0.25) is 0 Å². The summed E-state index contributed by atoms with van der Waals surface area (Å²) in [5, 5.41) is 0.352. The Morgan fingerprint density at radius 1 is 0.917 bits per heavy atom. The summed E-state index contributed by atoms with van der Waals surface area (Å²) in [6.45, 7) is 0.655. The number of hydrogen-bond donors (Lipinski definition) is 0. The van der Waals surface area contributed by atoms with Gasteiger partial charge in [0, 0.05) is 28.2 Å². The summed E-state index contributed by atoms with van der Waals surface area (Å²) in [5.41, 5.74) is 0.301. The van der Waals surface area contributed by atoms with Gasteiger partial charge in [0.1, 0.15) is 23.4 Å². The van der Waals surface area contributed by atoms with E-state index in [0.29, 0.717) is 16.7 Å². The lowest BCUT2D eigenvalue weighted by atomic mass is 10.2. The number of morpholine rings is 1. The van der Waals surface area contributed by atoms with Gasteiger partial charge in [-0.1, -0.05) is 36.4 Å². The second-order valence-corrected chi connectivity index (χ2v) is 13.2. The number of sulfonamides is 1. The molecule has 0 saturated carbocycles. The Labute approximate surface area is 223 Å². The van der Waals surface area contributed by atoms with Gasteiger partial charge in [-0.15, -0.1) is 0 Å². The first-order chi connectivity index (χ1) is 17.3. The fourth-order valence-electron chi connectivity index (χ4n) is 4.11. The van der Waals surface area contributed by atoms with Crippen molar-refractivity contribution >= 4 is 53.5 Å². The summed E-state index contributed by atoms with van der Waals surface area (Å²) in [5.74, 6) is 0.671. The first kappa shape index (κ1) is 25.2. The molecule has 0 bridgehead atoms. The van der Waals surface area contributed by atoms with Crippen LogP contribution in [-0.4, -0.2) is 57.5 Å². The second-order valence-electron chi connectivity index (χ2n) is 8.25. The van der Waals surface area contributed by atoms with E-state index in [4.69, 9.17) is 9.47 Å². The van der Waals surface area contributed by atoms with Crippen molar-refractivity contribution in [3.63, 3.8) is 0 Å². The average Bonchev–Trinajstić information content (AvgIpc) is 3.29. The van der Waals surface area contributed by atoms with Crippen molar-refractivity contribution in [1.82, 2.24) is 8.28 Å². The van der Waals surface area contributed by atoms with Gasteiger partial charge in [0.2, 0.25) is 10.0 Å². The van der Waals surface area contributed by atoms with Gasteiger partial charge in [0.05, 0.1) is 17.0 Å². The lowest BCUT2D eigenvalue weighted by molar-refractivity contribution is -0.0249. The van der Waals surface area contributed by atoms with E-state index in [1.165, 1.54) is 22.6 Å². The highest BCUT2D eigenvalue weighted by Crippen LogP contribution is 2.32. The van der Waals surface area contributed by atoms with Gasteiger partial charge in [0.15, 0.2) is 0 Å². The Hall–Kier alpha value is -2.45. The number of nitrogens with zero attached hydrogens (tertiary/aromatic N) is 2. The van der Waals surface area contributed by atoms with Crippen LogP contribution < -0.4 is 4.74 Å². The molecule has 8 nitrogen and oxygen atoms in total. The maximum Gasteiger partial charge on any atom is 0.268 e. The van der Waals surface area contributed by atoms with Crippen LogP contribution in [0.3, 0.4) is 0 Å². The predicted molar refractivity (Wildman–Crippen MR) is 144 cm³/mol.